The summed E-state index contributed by atoms with van der Waals surface area (Å²) in [6.45, 7) is 9.90. The predicted molar refractivity (Wildman–Crippen MR) is 264 cm³/mol. The third-order valence-corrected chi connectivity index (χ3v) is 12.0. The van der Waals surface area contributed by atoms with Gasteiger partial charge in [0.05, 0.1) is 52.0 Å². The van der Waals surface area contributed by atoms with Crippen molar-refractivity contribution in [2.75, 3.05) is 93.8 Å². The van der Waals surface area contributed by atoms with Gasteiger partial charge in [-0.3, -0.25) is 4.98 Å². The Hall–Kier alpha value is -7.35. The Bertz CT molecular complexity index is 2890. The molecule has 2 saturated heterocycles. The van der Waals surface area contributed by atoms with Crippen molar-refractivity contribution in [2.45, 2.75) is 19.9 Å². The van der Waals surface area contributed by atoms with Crippen LogP contribution in [0.4, 0.5) is 23.3 Å². The lowest BCUT2D eigenvalue weighted by Gasteiger charge is -2.30. The van der Waals surface area contributed by atoms with Crippen LogP contribution in [0.3, 0.4) is 0 Å². The summed E-state index contributed by atoms with van der Waals surface area (Å²) < 4.78 is 22.1. The Kier molecular flexibility index (Phi) is 14.0. The molecule has 0 bridgehead atoms. The van der Waals surface area contributed by atoms with Gasteiger partial charge in [0.25, 0.3) is 0 Å². The van der Waals surface area contributed by atoms with Crippen LogP contribution in [-0.4, -0.2) is 98.3 Å². The Morgan fingerprint density at radius 2 is 1.11 bits per heavy atom. The minimum atomic E-state index is 0.617. The molecule has 336 valence electrons. The summed E-state index contributed by atoms with van der Waals surface area (Å²) in [5.41, 5.74) is 9.79. The number of pyridine rings is 1. The zero-order valence-corrected chi connectivity index (χ0v) is 37.7. The summed E-state index contributed by atoms with van der Waals surface area (Å²) in [5, 5.41) is 11.4. The van der Waals surface area contributed by atoms with Crippen molar-refractivity contribution in [2.24, 2.45) is 0 Å². The molecule has 3 aromatic heterocycles. The Balaban J connectivity index is 0.000000166. The van der Waals surface area contributed by atoms with E-state index in [4.69, 9.17) is 28.9 Å². The van der Waals surface area contributed by atoms with Gasteiger partial charge in [-0.05, 0) is 102 Å². The first-order chi connectivity index (χ1) is 32.5. The standard InChI is InChI=1S/C27H28N4O2.C26H27N5O2/c1-19-5-3-4-6-21(19)18-29-27-28-10-9-25(30-27)22-15-20-7-8-23(32-2)17-24(20)26(16-22)31-11-13-33-14-12-31;1-32-22-6-5-19-16-20(17-25(23(19)18-22)31-12-14-33-15-13-31)24-8-11-29-26(30-24)28-10-7-21-4-2-3-9-27-21/h3-10,15-17H,11-14,18H2,1-2H3,(H,28,29,30);2-6,8-9,11,16-18H,7,10,12-15H2,1H3,(H,28,29,30). The molecule has 2 aliphatic heterocycles. The first-order valence-electron chi connectivity index (χ1n) is 22.5. The molecule has 2 aliphatic rings. The molecule has 0 spiro atoms. The van der Waals surface area contributed by atoms with Crippen LogP contribution in [0.2, 0.25) is 0 Å². The minimum absolute atomic E-state index is 0.617. The van der Waals surface area contributed by atoms with Crippen molar-refractivity contribution in [3.05, 3.63) is 151 Å². The van der Waals surface area contributed by atoms with E-state index in [1.807, 2.05) is 54.9 Å². The number of anilines is 4. The molecule has 0 aliphatic carbocycles. The lowest BCUT2D eigenvalue weighted by atomic mass is 10.0. The van der Waals surface area contributed by atoms with E-state index in [0.717, 1.165) is 116 Å². The van der Waals surface area contributed by atoms with Crippen LogP contribution < -0.4 is 29.9 Å². The van der Waals surface area contributed by atoms with Gasteiger partial charge in [-0.1, -0.05) is 42.5 Å². The number of fused-ring (bicyclic) bond motifs is 2. The Morgan fingerprint density at radius 1 is 0.561 bits per heavy atom. The third kappa shape index (κ3) is 10.6. The van der Waals surface area contributed by atoms with Gasteiger partial charge < -0.3 is 39.4 Å². The normalized spacial score (nSPS) is 13.8. The molecule has 8 aromatic rings. The molecule has 13 heteroatoms. The van der Waals surface area contributed by atoms with Crippen LogP contribution in [0.25, 0.3) is 44.1 Å². The van der Waals surface area contributed by atoms with Gasteiger partial charge in [-0.15, -0.1) is 0 Å². The lowest BCUT2D eigenvalue weighted by Crippen LogP contribution is -2.36. The number of aromatic nitrogens is 5. The monoisotopic (exact) mass is 881 g/mol. The van der Waals surface area contributed by atoms with E-state index < -0.39 is 0 Å². The van der Waals surface area contributed by atoms with Crippen LogP contribution in [-0.2, 0) is 22.4 Å². The maximum absolute atomic E-state index is 5.59. The van der Waals surface area contributed by atoms with Gasteiger partial charge in [0.1, 0.15) is 11.5 Å². The van der Waals surface area contributed by atoms with E-state index in [0.29, 0.717) is 18.4 Å². The number of nitrogens with one attached hydrogen (secondary N) is 2. The number of morpholine rings is 2. The quantitative estimate of drug-likeness (QED) is 0.114. The molecule has 0 radical (unpaired) electrons. The summed E-state index contributed by atoms with van der Waals surface area (Å²) >= 11 is 0. The maximum Gasteiger partial charge on any atom is 0.223 e. The maximum atomic E-state index is 5.59. The molecule has 0 amide bonds. The predicted octanol–water partition coefficient (Wildman–Crippen LogP) is 9.25. The van der Waals surface area contributed by atoms with E-state index in [2.05, 4.69) is 115 Å². The molecule has 66 heavy (non-hydrogen) atoms. The second kappa shape index (κ2) is 21.1. The molecule has 2 N–H and O–H groups in total. The first kappa shape index (κ1) is 43.9. The van der Waals surface area contributed by atoms with Crippen molar-refractivity contribution in [1.82, 2.24) is 24.9 Å². The Morgan fingerprint density at radius 3 is 1.64 bits per heavy atom. The second-order valence-corrected chi connectivity index (χ2v) is 16.2. The van der Waals surface area contributed by atoms with Gasteiger partial charge in [0.15, 0.2) is 0 Å². The van der Waals surface area contributed by atoms with Gasteiger partial charge >= 0.3 is 0 Å². The molecule has 2 fully saturated rings. The number of hydrogen-bond acceptors (Lipinski definition) is 13. The highest BCUT2D eigenvalue weighted by molar-refractivity contribution is 6.00. The van der Waals surface area contributed by atoms with Crippen molar-refractivity contribution in [3.63, 3.8) is 0 Å². The highest BCUT2D eigenvalue weighted by Gasteiger charge is 2.19. The van der Waals surface area contributed by atoms with Crippen LogP contribution in [0.5, 0.6) is 11.5 Å². The highest BCUT2D eigenvalue weighted by atomic mass is 16.5. The average Bonchev–Trinajstić information content (AvgIpc) is 3.38. The van der Waals surface area contributed by atoms with Gasteiger partial charge in [-0.25, -0.2) is 19.9 Å². The fourth-order valence-electron chi connectivity index (χ4n) is 8.36. The first-order valence-corrected chi connectivity index (χ1v) is 22.5. The molecule has 10 rings (SSSR count). The number of rotatable bonds is 13. The summed E-state index contributed by atoms with van der Waals surface area (Å²) in [4.78, 5) is 27.6. The molecule has 5 heterocycles. The summed E-state index contributed by atoms with van der Waals surface area (Å²) in [6, 6.07) is 39.5. The van der Waals surface area contributed by atoms with Crippen molar-refractivity contribution < 1.29 is 18.9 Å². The van der Waals surface area contributed by atoms with E-state index in [1.54, 1.807) is 20.4 Å². The minimum Gasteiger partial charge on any atom is -0.497 e. The second-order valence-electron chi connectivity index (χ2n) is 16.2. The summed E-state index contributed by atoms with van der Waals surface area (Å²) in [6.07, 6.45) is 6.24. The van der Waals surface area contributed by atoms with Crippen molar-refractivity contribution >= 4 is 44.8 Å². The van der Waals surface area contributed by atoms with Crippen LogP contribution in [0.15, 0.2) is 134 Å². The number of aryl methyl sites for hydroxylation is 1. The van der Waals surface area contributed by atoms with Crippen LogP contribution >= 0.6 is 0 Å². The average molecular weight is 882 g/mol. The number of nitrogens with zero attached hydrogens (tertiary/aromatic N) is 7. The summed E-state index contributed by atoms with van der Waals surface area (Å²) in [7, 11) is 3.41. The van der Waals surface area contributed by atoms with Crippen molar-refractivity contribution in [1.29, 1.82) is 0 Å². The third-order valence-electron chi connectivity index (χ3n) is 12.0. The van der Waals surface area contributed by atoms with E-state index in [-0.39, 0.29) is 0 Å². The largest absolute Gasteiger partial charge is 0.497 e. The Labute approximate surface area is 385 Å². The SMILES string of the molecule is COc1ccc2cc(-c3ccnc(NCCc4ccccn4)n3)cc(N3CCOCC3)c2c1.COc1ccc2cc(-c3ccnc(NCc4ccccc4C)n3)cc(N3CCOCC3)c2c1. The topological polar surface area (TPSA) is 132 Å². The molecular weight excluding hydrogens is 827 g/mol. The van der Waals surface area contributed by atoms with E-state index in [9.17, 15) is 0 Å². The fraction of sp³-hybridized carbons (Fsp3) is 0.264. The van der Waals surface area contributed by atoms with Gasteiger partial charge in [-0.2, -0.15) is 0 Å². The van der Waals surface area contributed by atoms with Crippen LogP contribution in [0, 0.1) is 6.92 Å². The lowest BCUT2D eigenvalue weighted by molar-refractivity contribution is 0.122. The highest BCUT2D eigenvalue weighted by Crippen LogP contribution is 2.37. The fourth-order valence-corrected chi connectivity index (χ4v) is 8.36. The van der Waals surface area contributed by atoms with Gasteiger partial charge in [0, 0.05) is 103 Å². The van der Waals surface area contributed by atoms with Crippen LogP contribution in [0.1, 0.15) is 16.8 Å². The number of ether oxygens (including phenoxy) is 4. The zero-order valence-electron chi connectivity index (χ0n) is 37.7. The molecule has 0 unspecified atom stereocenters. The molecule has 13 nitrogen and oxygen atoms in total. The smallest absolute Gasteiger partial charge is 0.223 e. The molecule has 0 atom stereocenters. The van der Waals surface area contributed by atoms with Crippen molar-refractivity contribution in [3.8, 4) is 34.0 Å². The molecular formula is C53H55N9O4. The number of hydrogen-bond donors (Lipinski definition) is 2. The van der Waals surface area contributed by atoms with Gasteiger partial charge in [0.2, 0.25) is 11.9 Å². The summed E-state index contributed by atoms with van der Waals surface area (Å²) in [5.74, 6) is 2.95. The van der Waals surface area contributed by atoms with E-state index >= 15 is 0 Å². The molecule has 5 aromatic carbocycles. The molecule has 0 saturated carbocycles. The number of methoxy groups -OCH3 is 2. The van der Waals surface area contributed by atoms with E-state index in [1.165, 1.54) is 33.3 Å². The number of benzene rings is 5. The zero-order chi connectivity index (χ0) is 45.1.